The number of carbonyl (C=O) groups is 1. The zero-order valence-corrected chi connectivity index (χ0v) is 17.7. The lowest BCUT2D eigenvalue weighted by atomic mass is 9.84. The van der Waals surface area contributed by atoms with E-state index in [-0.39, 0.29) is 23.4 Å². The smallest absolute Gasteiger partial charge is 0.370 e. The van der Waals surface area contributed by atoms with Gasteiger partial charge in [0.2, 0.25) is 5.91 Å². The predicted octanol–water partition coefficient (Wildman–Crippen LogP) is 4.47. The Balaban J connectivity index is 1.40. The molecule has 3 heterocycles. The summed E-state index contributed by atoms with van der Waals surface area (Å²) in [7, 11) is 0. The summed E-state index contributed by atoms with van der Waals surface area (Å²) in [6, 6.07) is 10.5. The molecule has 1 aromatic carbocycles. The molecular formula is C24H22F3N5O. The second-order valence-electron chi connectivity index (χ2n) is 8.80. The third kappa shape index (κ3) is 4.01. The fraction of sp³-hybridized carbons (Fsp3) is 0.375. The van der Waals surface area contributed by atoms with Gasteiger partial charge in [-0.2, -0.15) is 18.4 Å². The van der Waals surface area contributed by atoms with Crippen LogP contribution in [0, 0.1) is 23.2 Å². The fourth-order valence-corrected chi connectivity index (χ4v) is 4.43. The Labute approximate surface area is 188 Å². The molecule has 6 nitrogen and oxygen atoms in total. The Hall–Kier alpha value is -3.54. The molecule has 0 radical (unpaired) electrons. The van der Waals surface area contributed by atoms with Crippen molar-refractivity contribution in [3.63, 3.8) is 0 Å². The highest BCUT2D eigenvalue weighted by Gasteiger charge is 2.40. The molecule has 0 atom stereocenters. The largest absolute Gasteiger partial charge is 0.419 e. The number of rotatable bonds is 5. The summed E-state index contributed by atoms with van der Waals surface area (Å²) < 4.78 is 41.5. The molecule has 9 heteroatoms. The van der Waals surface area contributed by atoms with Gasteiger partial charge in [0.15, 0.2) is 0 Å². The van der Waals surface area contributed by atoms with Crippen molar-refractivity contribution in [1.82, 2.24) is 15.3 Å². The van der Waals surface area contributed by atoms with Gasteiger partial charge in [-0.05, 0) is 36.6 Å². The van der Waals surface area contributed by atoms with Gasteiger partial charge in [-0.15, -0.1) is 0 Å². The molecular weight excluding hydrogens is 431 g/mol. The minimum absolute atomic E-state index is 0.0553. The van der Waals surface area contributed by atoms with Gasteiger partial charge in [0.1, 0.15) is 5.65 Å². The van der Waals surface area contributed by atoms with Gasteiger partial charge in [0.25, 0.3) is 0 Å². The summed E-state index contributed by atoms with van der Waals surface area (Å²) in [5.41, 5.74) is 1.62. The number of hydrogen-bond donors (Lipinski definition) is 2. The number of halogens is 3. The minimum Gasteiger partial charge on any atom is -0.370 e. The quantitative estimate of drug-likeness (QED) is 0.597. The number of alkyl halides is 3. The highest BCUT2D eigenvalue weighted by Crippen LogP contribution is 2.43. The van der Waals surface area contributed by atoms with Crippen LogP contribution < -0.4 is 10.2 Å². The number of nitrogens with one attached hydrogen (secondary N) is 2. The number of fused-ring (bicyclic) bond motifs is 1. The van der Waals surface area contributed by atoms with E-state index in [9.17, 15) is 18.0 Å². The Morgan fingerprint density at radius 1 is 1.24 bits per heavy atom. The van der Waals surface area contributed by atoms with E-state index in [0.29, 0.717) is 41.9 Å². The molecule has 1 saturated heterocycles. The Kier molecular flexibility index (Phi) is 5.23. The Bertz CT molecular complexity index is 1230. The van der Waals surface area contributed by atoms with Crippen molar-refractivity contribution >= 4 is 22.6 Å². The molecule has 2 N–H and O–H groups in total. The van der Waals surface area contributed by atoms with Crippen LogP contribution in [0.15, 0.2) is 36.5 Å². The molecule has 33 heavy (non-hydrogen) atoms. The maximum Gasteiger partial charge on any atom is 0.419 e. The van der Waals surface area contributed by atoms with E-state index < -0.39 is 11.7 Å². The monoisotopic (exact) mass is 453 g/mol. The molecule has 5 rings (SSSR count). The average Bonchev–Trinajstić information content (AvgIpc) is 3.15. The van der Waals surface area contributed by atoms with Crippen LogP contribution >= 0.6 is 0 Å². The van der Waals surface area contributed by atoms with Gasteiger partial charge in [0.05, 0.1) is 22.9 Å². The first-order valence-electron chi connectivity index (χ1n) is 11.0. The fourth-order valence-electron chi connectivity index (χ4n) is 4.43. The maximum atomic E-state index is 13.8. The van der Waals surface area contributed by atoms with Crippen LogP contribution in [0.1, 0.15) is 30.4 Å². The first kappa shape index (κ1) is 21.3. The van der Waals surface area contributed by atoms with E-state index in [1.165, 1.54) is 0 Å². The van der Waals surface area contributed by atoms with Crippen molar-refractivity contribution in [2.45, 2.75) is 25.4 Å². The van der Waals surface area contributed by atoms with Gasteiger partial charge < -0.3 is 15.2 Å². The van der Waals surface area contributed by atoms with Gasteiger partial charge in [-0.3, -0.25) is 4.79 Å². The third-order valence-electron chi connectivity index (χ3n) is 6.57. The second kappa shape index (κ2) is 8.10. The molecule has 1 aliphatic heterocycles. The van der Waals surface area contributed by atoms with Gasteiger partial charge in [-0.25, -0.2) is 4.98 Å². The number of benzene rings is 1. The number of H-pyrrole nitrogens is 1. The van der Waals surface area contributed by atoms with Crippen molar-refractivity contribution in [2.24, 2.45) is 11.8 Å². The predicted molar refractivity (Wildman–Crippen MR) is 117 cm³/mol. The molecule has 1 aliphatic carbocycles. The molecule has 1 amide bonds. The zero-order chi connectivity index (χ0) is 23.2. The van der Waals surface area contributed by atoms with Gasteiger partial charge >= 0.3 is 6.18 Å². The first-order valence-corrected chi connectivity index (χ1v) is 11.0. The topological polar surface area (TPSA) is 84.8 Å². The van der Waals surface area contributed by atoms with E-state index >= 15 is 0 Å². The van der Waals surface area contributed by atoms with Crippen LogP contribution in [0.3, 0.4) is 0 Å². The molecule has 170 valence electrons. The SMILES string of the molecule is N#Cc1ccc(-c2cc3c(N4CC(CNC(=O)C5CCC5)C4)c(C(F)(F)F)cnc3[nH]2)cc1. The number of anilines is 1. The lowest BCUT2D eigenvalue weighted by Gasteiger charge is -2.42. The van der Waals surface area contributed by atoms with Gasteiger partial charge in [-0.1, -0.05) is 18.6 Å². The summed E-state index contributed by atoms with van der Waals surface area (Å²) in [6.07, 6.45) is -0.744. The van der Waals surface area contributed by atoms with E-state index in [1.54, 1.807) is 35.2 Å². The molecule has 2 aliphatic rings. The molecule has 0 unspecified atom stereocenters. The van der Waals surface area contributed by atoms with Crippen LogP contribution in [-0.4, -0.2) is 35.5 Å². The van der Waals surface area contributed by atoms with Crippen LogP contribution in [-0.2, 0) is 11.0 Å². The molecule has 0 bridgehead atoms. The molecule has 2 aromatic heterocycles. The number of hydrogen-bond acceptors (Lipinski definition) is 4. The van der Waals surface area contributed by atoms with E-state index in [1.807, 2.05) is 6.07 Å². The van der Waals surface area contributed by atoms with Crippen molar-refractivity contribution in [3.05, 3.63) is 47.7 Å². The highest BCUT2D eigenvalue weighted by molar-refractivity contribution is 5.96. The summed E-state index contributed by atoms with van der Waals surface area (Å²) in [5, 5.41) is 12.3. The number of nitrogens with zero attached hydrogens (tertiary/aromatic N) is 3. The minimum atomic E-state index is -4.54. The van der Waals surface area contributed by atoms with E-state index in [0.717, 1.165) is 31.0 Å². The number of nitriles is 1. The van der Waals surface area contributed by atoms with E-state index in [2.05, 4.69) is 15.3 Å². The molecule has 1 saturated carbocycles. The van der Waals surface area contributed by atoms with Crippen molar-refractivity contribution < 1.29 is 18.0 Å². The van der Waals surface area contributed by atoms with E-state index in [4.69, 9.17) is 5.26 Å². The Morgan fingerprint density at radius 2 is 1.97 bits per heavy atom. The second-order valence-corrected chi connectivity index (χ2v) is 8.80. The Morgan fingerprint density at radius 3 is 2.58 bits per heavy atom. The molecule has 0 spiro atoms. The standard InChI is InChI=1S/C24H22F3N5O/c25-24(26,27)19-11-29-22-18(8-20(31-22)16-6-4-14(9-28)5-7-16)21(19)32-12-15(13-32)10-30-23(33)17-2-1-3-17/h4-8,11,15,17H,1-3,10,12-13H2,(H,29,31)(H,30,33). The van der Waals surface area contributed by atoms with Crippen LogP contribution in [0.2, 0.25) is 0 Å². The average molecular weight is 453 g/mol. The lowest BCUT2D eigenvalue weighted by molar-refractivity contribution is -0.137. The summed E-state index contributed by atoms with van der Waals surface area (Å²) >= 11 is 0. The number of pyridine rings is 1. The summed E-state index contributed by atoms with van der Waals surface area (Å²) in [5.74, 6) is 0.258. The number of aromatic nitrogens is 2. The van der Waals surface area contributed by atoms with Crippen molar-refractivity contribution in [3.8, 4) is 17.3 Å². The third-order valence-corrected chi connectivity index (χ3v) is 6.57. The van der Waals surface area contributed by atoms with Crippen LogP contribution in [0.5, 0.6) is 0 Å². The van der Waals surface area contributed by atoms with Crippen molar-refractivity contribution in [1.29, 1.82) is 5.26 Å². The molecule has 2 fully saturated rings. The van der Waals surface area contributed by atoms with Crippen LogP contribution in [0.25, 0.3) is 22.3 Å². The molecule has 3 aromatic rings. The number of aromatic amines is 1. The summed E-state index contributed by atoms with van der Waals surface area (Å²) in [4.78, 5) is 20.9. The summed E-state index contributed by atoms with van der Waals surface area (Å²) in [6.45, 7) is 1.35. The first-order chi connectivity index (χ1) is 15.8. The van der Waals surface area contributed by atoms with Gasteiger partial charge in [0, 0.05) is 48.7 Å². The maximum absolute atomic E-state index is 13.8. The van der Waals surface area contributed by atoms with Crippen molar-refractivity contribution in [2.75, 3.05) is 24.5 Å². The van der Waals surface area contributed by atoms with Crippen LogP contribution in [0.4, 0.5) is 18.9 Å². The normalized spacial score (nSPS) is 16.8. The number of carbonyl (C=O) groups excluding carboxylic acids is 1. The number of amides is 1. The zero-order valence-electron chi connectivity index (χ0n) is 17.7. The lowest BCUT2D eigenvalue weighted by Crippen LogP contribution is -2.52. The highest BCUT2D eigenvalue weighted by atomic mass is 19.4.